The quantitative estimate of drug-likeness (QED) is 0.367. The molecule has 4 N–H and O–H groups in total. The largest absolute Gasteiger partial charge is 0.507 e. The first-order chi connectivity index (χ1) is 10.3. The van der Waals surface area contributed by atoms with Gasteiger partial charge in [0.25, 0.3) is 0 Å². The first kappa shape index (κ1) is 17.4. The van der Waals surface area contributed by atoms with Gasteiger partial charge in [-0.3, -0.25) is 4.79 Å². The second kappa shape index (κ2) is 7.98. The lowest BCUT2D eigenvalue weighted by atomic mass is 10.2. The minimum absolute atomic E-state index is 0.0667. The van der Waals surface area contributed by atoms with E-state index in [0.29, 0.717) is 0 Å². The normalized spacial score (nSPS) is 12.0. The molecule has 0 saturated heterocycles. The maximum absolute atomic E-state index is 11.4. The Labute approximate surface area is 130 Å². The van der Waals surface area contributed by atoms with Gasteiger partial charge in [-0.05, 0) is 12.1 Å². The van der Waals surface area contributed by atoms with E-state index >= 15 is 0 Å². The fourth-order valence-corrected chi connectivity index (χ4v) is 1.62. The van der Waals surface area contributed by atoms with E-state index in [4.69, 9.17) is 10.2 Å². The average Bonchev–Trinajstić information content (AvgIpc) is 2.44. The van der Waals surface area contributed by atoms with Crippen LogP contribution in [0.2, 0.25) is 0 Å². The van der Waals surface area contributed by atoms with Gasteiger partial charge in [-0.25, -0.2) is 9.59 Å². The number of aromatic hydroxyl groups is 1. The summed E-state index contributed by atoms with van der Waals surface area (Å²) in [7, 11) is 0. The Kier molecular flexibility index (Phi) is 6.32. The molecule has 10 heteroatoms. The van der Waals surface area contributed by atoms with Gasteiger partial charge in [-0.2, -0.15) is 22.9 Å². The molecule has 0 heterocycles. The number of hydrogen-bond acceptors (Lipinski definition) is 7. The molecule has 1 rings (SSSR count). The number of carbonyl (C=O) groups excluding carboxylic acids is 1. The van der Waals surface area contributed by atoms with Crippen molar-refractivity contribution in [2.24, 2.45) is 10.2 Å². The second-order valence-corrected chi connectivity index (χ2v) is 4.41. The predicted molar refractivity (Wildman–Crippen MR) is 77.9 cm³/mol. The molecule has 9 nitrogen and oxygen atoms in total. The van der Waals surface area contributed by atoms with E-state index in [1.165, 1.54) is 6.07 Å². The highest BCUT2D eigenvalue weighted by Gasteiger charge is 2.17. The Balaban J connectivity index is 2.62. The maximum atomic E-state index is 11.4. The molecule has 0 bridgehead atoms. The van der Waals surface area contributed by atoms with Crippen molar-refractivity contribution in [3.05, 3.63) is 23.8 Å². The van der Waals surface area contributed by atoms with Crippen molar-refractivity contribution < 1.29 is 29.7 Å². The van der Waals surface area contributed by atoms with Crippen LogP contribution in [-0.4, -0.2) is 51.5 Å². The number of benzene rings is 1. The van der Waals surface area contributed by atoms with Gasteiger partial charge in [0.1, 0.15) is 23.9 Å². The van der Waals surface area contributed by atoms with Crippen LogP contribution in [0.25, 0.3) is 0 Å². The van der Waals surface area contributed by atoms with E-state index in [1.807, 2.05) is 0 Å². The van der Waals surface area contributed by atoms with Crippen LogP contribution in [0.5, 0.6) is 5.75 Å². The van der Waals surface area contributed by atoms with Crippen LogP contribution in [0.15, 0.2) is 28.4 Å². The lowest BCUT2D eigenvalue weighted by molar-refractivity contribution is -0.140. The van der Waals surface area contributed by atoms with Crippen LogP contribution in [0, 0.1) is 0 Å². The van der Waals surface area contributed by atoms with Gasteiger partial charge >= 0.3 is 11.9 Å². The number of carboxylic acid groups (broad SMARTS) is 2. The van der Waals surface area contributed by atoms with Crippen LogP contribution in [0.4, 0.5) is 5.69 Å². The molecule has 1 aromatic carbocycles. The summed E-state index contributed by atoms with van der Waals surface area (Å²) in [5.41, 5.74) is -0.131. The molecule has 0 fully saturated rings. The lowest BCUT2D eigenvalue weighted by Gasteiger charge is -2.09. The summed E-state index contributed by atoms with van der Waals surface area (Å²) >= 11 is 3.79. The molecule has 0 aromatic heterocycles. The third-order valence-corrected chi connectivity index (χ3v) is 2.79. The monoisotopic (exact) mass is 327 g/mol. The lowest BCUT2D eigenvalue weighted by Crippen LogP contribution is -2.43. The van der Waals surface area contributed by atoms with Crippen molar-refractivity contribution in [3.63, 3.8) is 0 Å². The molecule has 1 unspecified atom stereocenters. The average molecular weight is 327 g/mol. The topological polar surface area (TPSA) is 149 Å². The third kappa shape index (κ3) is 5.05. The Morgan fingerprint density at radius 3 is 2.45 bits per heavy atom. The summed E-state index contributed by atoms with van der Waals surface area (Å²) in [6.45, 7) is -0.418. The molecular formula is C12H13N3O6S. The highest BCUT2D eigenvalue weighted by atomic mass is 32.1. The molecule has 0 aliphatic heterocycles. The zero-order valence-corrected chi connectivity index (χ0v) is 12.0. The van der Waals surface area contributed by atoms with E-state index in [-0.39, 0.29) is 17.0 Å². The Morgan fingerprint density at radius 1 is 1.27 bits per heavy atom. The first-order valence-electron chi connectivity index (χ1n) is 5.92. The zero-order chi connectivity index (χ0) is 16.7. The molecule has 22 heavy (non-hydrogen) atoms. The van der Waals surface area contributed by atoms with E-state index in [1.54, 1.807) is 0 Å². The number of hydrogen-bond donors (Lipinski definition) is 5. The minimum Gasteiger partial charge on any atom is -0.507 e. The zero-order valence-electron chi connectivity index (χ0n) is 11.1. The van der Waals surface area contributed by atoms with Gasteiger partial charge in [-0.1, -0.05) is 0 Å². The number of carbonyl (C=O) groups is 3. The van der Waals surface area contributed by atoms with Crippen molar-refractivity contribution in [1.82, 2.24) is 5.32 Å². The number of phenols is 1. The fourth-order valence-electron chi connectivity index (χ4n) is 1.37. The van der Waals surface area contributed by atoms with Crippen LogP contribution >= 0.6 is 12.6 Å². The van der Waals surface area contributed by atoms with Gasteiger partial charge in [0.2, 0.25) is 5.91 Å². The van der Waals surface area contributed by atoms with Crippen molar-refractivity contribution in [3.8, 4) is 5.75 Å². The molecular weight excluding hydrogens is 314 g/mol. The fraction of sp³-hybridized carbons (Fsp3) is 0.250. The first-order valence-corrected chi connectivity index (χ1v) is 6.55. The summed E-state index contributed by atoms with van der Waals surface area (Å²) < 4.78 is 0. The van der Waals surface area contributed by atoms with Crippen LogP contribution < -0.4 is 5.32 Å². The summed E-state index contributed by atoms with van der Waals surface area (Å²) in [5, 5.41) is 36.3. The predicted octanol–water partition coefficient (Wildman–Crippen LogP) is 0.673. The number of aromatic carboxylic acids is 1. The SMILES string of the molecule is O=C(C/N=N/c1ccc(C(=O)O)c(O)c1)NC(CS)C(=O)O. The number of rotatable bonds is 7. The molecule has 1 amide bonds. The standard InChI is InChI=1S/C12H13N3O6S/c16-9-3-6(1-2-7(9)11(18)19)15-13-4-10(17)14-8(5-22)12(20)21/h1-3,8,16,22H,4-5H2,(H,14,17)(H,18,19)(H,20,21)/b15-13+. The van der Waals surface area contributed by atoms with Crippen molar-refractivity contribution in [2.75, 3.05) is 12.3 Å². The Morgan fingerprint density at radius 2 is 1.95 bits per heavy atom. The van der Waals surface area contributed by atoms with Crippen LogP contribution in [-0.2, 0) is 9.59 Å². The number of thiol groups is 1. The second-order valence-electron chi connectivity index (χ2n) is 4.05. The van der Waals surface area contributed by atoms with Gasteiger partial charge in [-0.15, -0.1) is 0 Å². The molecule has 1 aromatic rings. The summed E-state index contributed by atoms with van der Waals surface area (Å²) in [6.07, 6.45) is 0. The summed E-state index contributed by atoms with van der Waals surface area (Å²) in [4.78, 5) is 32.8. The number of nitrogens with zero attached hydrogens (tertiary/aromatic N) is 2. The highest BCUT2D eigenvalue weighted by molar-refractivity contribution is 7.80. The van der Waals surface area contributed by atoms with Crippen molar-refractivity contribution in [1.29, 1.82) is 0 Å². The highest BCUT2D eigenvalue weighted by Crippen LogP contribution is 2.23. The number of azo groups is 1. The number of amides is 1. The van der Waals surface area contributed by atoms with E-state index in [2.05, 4.69) is 28.2 Å². The van der Waals surface area contributed by atoms with Crippen molar-refractivity contribution in [2.45, 2.75) is 6.04 Å². The van der Waals surface area contributed by atoms with E-state index < -0.39 is 36.2 Å². The third-order valence-electron chi connectivity index (χ3n) is 2.43. The van der Waals surface area contributed by atoms with Crippen LogP contribution in [0.3, 0.4) is 0 Å². The molecule has 0 saturated carbocycles. The molecule has 0 aliphatic carbocycles. The number of carboxylic acids is 2. The Hall–Kier alpha value is -2.62. The van der Waals surface area contributed by atoms with Crippen LogP contribution in [0.1, 0.15) is 10.4 Å². The van der Waals surface area contributed by atoms with Gasteiger partial charge in [0, 0.05) is 11.8 Å². The number of nitrogens with one attached hydrogen (secondary N) is 1. The van der Waals surface area contributed by atoms with E-state index in [0.717, 1.165) is 12.1 Å². The van der Waals surface area contributed by atoms with Gasteiger partial charge < -0.3 is 20.6 Å². The molecule has 118 valence electrons. The Bertz CT molecular complexity index is 619. The molecule has 0 spiro atoms. The maximum Gasteiger partial charge on any atom is 0.339 e. The molecule has 0 aliphatic rings. The smallest absolute Gasteiger partial charge is 0.339 e. The minimum atomic E-state index is -1.29. The summed E-state index contributed by atoms with van der Waals surface area (Å²) in [6, 6.07) is 2.41. The van der Waals surface area contributed by atoms with Gasteiger partial charge in [0.05, 0.1) is 5.69 Å². The van der Waals surface area contributed by atoms with Gasteiger partial charge in [0.15, 0.2) is 0 Å². The number of aliphatic carboxylic acids is 1. The van der Waals surface area contributed by atoms with E-state index in [9.17, 15) is 19.5 Å². The molecule has 1 atom stereocenters. The summed E-state index contributed by atoms with van der Waals surface area (Å²) in [5.74, 6) is -3.70. The van der Waals surface area contributed by atoms with Crippen molar-refractivity contribution >= 4 is 36.2 Å². The molecule has 0 radical (unpaired) electrons.